The van der Waals surface area contributed by atoms with Gasteiger partial charge in [-0.2, -0.15) is 16.3 Å². The molecule has 0 spiro atoms. The predicted octanol–water partition coefficient (Wildman–Crippen LogP) is 2.15. The quantitative estimate of drug-likeness (QED) is 0.714. The van der Waals surface area contributed by atoms with E-state index in [9.17, 15) is 4.79 Å². The number of aromatic nitrogens is 3. The Morgan fingerprint density at radius 2 is 1.96 bits per heavy atom. The Morgan fingerprint density at radius 3 is 2.68 bits per heavy atom. The molecule has 8 heteroatoms. The standard InChI is InChI=1S/C17H17N5O2S/c23-17(13-1-4-18-5-2-13)22-8-6-21(7-9-22)11-15-19-16(20-24-15)14-3-10-25-12-14/h1-5,10,12H,6-9,11H2. The summed E-state index contributed by atoms with van der Waals surface area (Å²) in [6.45, 7) is 3.55. The van der Waals surface area contributed by atoms with Gasteiger partial charge in [0, 0.05) is 55.1 Å². The largest absolute Gasteiger partial charge is 0.338 e. The van der Waals surface area contributed by atoms with Gasteiger partial charge in [0.25, 0.3) is 5.91 Å². The first-order valence-electron chi connectivity index (χ1n) is 8.06. The minimum absolute atomic E-state index is 0.0552. The summed E-state index contributed by atoms with van der Waals surface area (Å²) in [6, 6.07) is 5.47. The number of thiophene rings is 1. The molecule has 128 valence electrons. The predicted molar refractivity (Wildman–Crippen MR) is 93.0 cm³/mol. The van der Waals surface area contributed by atoms with Crippen LogP contribution in [0.3, 0.4) is 0 Å². The molecule has 7 nitrogen and oxygen atoms in total. The van der Waals surface area contributed by atoms with Crippen molar-refractivity contribution < 1.29 is 9.32 Å². The molecule has 3 aromatic rings. The number of hydrogen-bond acceptors (Lipinski definition) is 7. The van der Waals surface area contributed by atoms with Gasteiger partial charge in [-0.15, -0.1) is 0 Å². The van der Waals surface area contributed by atoms with Crippen LogP contribution < -0.4 is 0 Å². The first-order valence-corrected chi connectivity index (χ1v) is 9.01. The molecule has 0 unspecified atom stereocenters. The van der Waals surface area contributed by atoms with E-state index in [2.05, 4.69) is 20.0 Å². The van der Waals surface area contributed by atoms with E-state index in [1.165, 1.54) is 0 Å². The molecule has 0 atom stereocenters. The smallest absolute Gasteiger partial charge is 0.254 e. The lowest BCUT2D eigenvalue weighted by atomic mass is 10.2. The van der Waals surface area contributed by atoms with Crippen molar-refractivity contribution in [2.75, 3.05) is 26.2 Å². The first-order chi connectivity index (χ1) is 12.3. The average Bonchev–Trinajstić information content (AvgIpc) is 3.34. The van der Waals surface area contributed by atoms with Gasteiger partial charge in [-0.3, -0.25) is 14.7 Å². The van der Waals surface area contributed by atoms with Gasteiger partial charge in [0.1, 0.15) is 0 Å². The number of rotatable bonds is 4. The Labute approximate surface area is 148 Å². The van der Waals surface area contributed by atoms with Gasteiger partial charge in [0.15, 0.2) is 0 Å². The van der Waals surface area contributed by atoms with Crippen molar-refractivity contribution >= 4 is 17.2 Å². The van der Waals surface area contributed by atoms with Gasteiger partial charge in [0.05, 0.1) is 6.54 Å². The Bertz CT molecular complexity index is 826. The SMILES string of the molecule is O=C(c1ccncc1)N1CCN(Cc2nc(-c3ccsc3)no2)CC1. The highest BCUT2D eigenvalue weighted by atomic mass is 32.1. The van der Waals surface area contributed by atoms with E-state index < -0.39 is 0 Å². The molecule has 4 heterocycles. The first kappa shape index (κ1) is 15.9. The molecule has 1 aliphatic heterocycles. The minimum Gasteiger partial charge on any atom is -0.338 e. The summed E-state index contributed by atoms with van der Waals surface area (Å²) in [4.78, 5) is 24.9. The fourth-order valence-corrected chi connectivity index (χ4v) is 3.44. The Hall–Kier alpha value is -2.58. The van der Waals surface area contributed by atoms with Crippen LogP contribution in [0.25, 0.3) is 11.4 Å². The second-order valence-electron chi connectivity index (χ2n) is 5.83. The average molecular weight is 355 g/mol. The summed E-state index contributed by atoms with van der Waals surface area (Å²) in [5.74, 6) is 1.29. The maximum Gasteiger partial charge on any atom is 0.254 e. The minimum atomic E-state index is 0.0552. The molecule has 0 saturated carbocycles. The molecule has 1 aliphatic rings. The summed E-state index contributed by atoms with van der Waals surface area (Å²) >= 11 is 1.61. The Morgan fingerprint density at radius 1 is 1.16 bits per heavy atom. The van der Waals surface area contributed by atoms with Crippen LogP contribution in [0.5, 0.6) is 0 Å². The van der Waals surface area contributed by atoms with Gasteiger partial charge < -0.3 is 9.42 Å². The number of amides is 1. The highest BCUT2D eigenvalue weighted by Crippen LogP contribution is 2.19. The molecular formula is C17H17N5O2S. The summed E-state index contributed by atoms with van der Waals surface area (Å²) in [5.41, 5.74) is 1.66. The van der Waals surface area contributed by atoms with Crippen molar-refractivity contribution in [3.8, 4) is 11.4 Å². The van der Waals surface area contributed by atoms with Crippen LogP contribution in [0, 0.1) is 0 Å². The number of nitrogens with zero attached hydrogens (tertiary/aromatic N) is 5. The topological polar surface area (TPSA) is 75.4 Å². The summed E-state index contributed by atoms with van der Waals surface area (Å²) in [6.07, 6.45) is 3.29. The Kier molecular flexibility index (Phi) is 4.53. The van der Waals surface area contributed by atoms with Gasteiger partial charge in [-0.05, 0) is 23.6 Å². The molecule has 0 aliphatic carbocycles. The third-order valence-electron chi connectivity index (χ3n) is 4.19. The van der Waals surface area contributed by atoms with Crippen LogP contribution in [0.15, 0.2) is 45.9 Å². The van der Waals surface area contributed by atoms with Gasteiger partial charge in [-0.25, -0.2) is 0 Å². The highest BCUT2D eigenvalue weighted by molar-refractivity contribution is 7.08. The second kappa shape index (κ2) is 7.12. The van der Waals surface area contributed by atoms with Gasteiger partial charge >= 0.3 is 0 Å². The molecule has 4 rings (SSSR count). The van der Waals surface area contributed by atoms with Crippen molar-refractivity contribution in [3.63, 3.8) is 0 Å². The van der Waals surface area contributed by atoms with Crippen molar-refractivity contribution in [2.45, 2.75) is 6.54 Å². The van der Waals surface area contributed by atoms with E-state index in [4.69, 9.17) is 4.52 Å². The molecule has 0 bridgehead atoms. The zero-order valence-electron chi connectivity index (χ0n) is 13.5. The molecule has 25 heavy (non-hydrogen) atoms. The molecule has 1 saturated heterocycles. The molecule has 1 amide bonds. The van der Waals surface area contributed by atoms with E-state index >= 15 is 0 Å². The summed E-state index contributed by atoms with van der Waals surface area (Å²) in [5, 5.41) is 8.02. The number of carbonyl (C=O) groups excluding carboxylic acids is 1. The van der Waals surface area contributed by atoms with E-state index in [1.807, 2.05) is 21.7 Å². The molecular weight excluding hydrogens is 338 g/mol. The molecule has 1 fully saturated rings. The Balaban J connectivity index is 1.33. The van der Waals surface area contributed by atoms with Gasteiger partial charge in [0.2, 0.25) is 11.7 Å². The molecule has 0 radical (unpaired) electrons. The van der Waals surface area contributed by atoms with Crippen LogP contribution in [0.2, 0.25) is 0 Å². The summed E-state index contributed by atoms with van der Waals surface area (Å²) in [7, 11) is 0. The molecule has 3 aromatic heterocycles. The number of carbonyl (C=O) groups is 1. The fourth-order valence-electron chi connectivity index (χ4n) is 2.81. The molecule has 0 aromatic carbocycles. The number of hydrogen-bond donors (Lipinski definition) is 0. The second-order valence-corrected chi connectivity index (χ2v) is 6.61. The van der Waals surface area contributed by atoms with E-state index in [0.717, 1.165) is 18.7 Å². The monoisotopic (exact) mass is 355 g/mol. The normalized spacial score (nSPS) is 15.4. The third-order valence-corrected chi connectivity index (χ3v) is 4.88. The van der Waals surface area contributed by atoms with Crippen LogP contribution >= 0.6 is 11.3 Å². The lowest BCUT2D eigenvalue weighted by Crippen LogP contribution is -2.48. The van der Waals surface area contributed by atoms with Crippen LogP contribution in [-0.4, -0.2) is 57.0 Å². The zero-order chi connectivity index (χ0) is 17.1. The lowest BCUT2D eigenvalue weighted by molar-refractivity contribution is 0.0615. The zero-order valence-corrected chi connectivity index (χ0v) is 14.4. The maximum absolute atomic E-state index is 12.4. The van der Waals surface area contributed by atoms with E-state index in [1.54, 1.807) is 35.9 Å². The lowest BCUT2D eigenvalue weighted by Gasteiger charge is -2.33. The van der Waals surface area contributed by atoms with E-state index in [0.29, 0.717) is 36.9 Å². The molecule has 0 N–H and O–H groups in total. The van der Waals surface area contributed by atoms with Crippen molar-refractivity contribution in [1.82, 2.24) is 24.9 Å². The highest BCUT2D eigenvalue weighted by Gasteiger charge is 2.23. The van der Waals surface area contributed by atoms with Crippen LogP contribution in [0.1, 0.15) is 16.2 Å². The fraction of sp³-hybridized carbons (Fsp3) is 0.294. The number of piperazine rings is 1. The van der Waals surface area contributed by atoms with Crippen molar-refractivity contribution in [2.24, 2.45) is 0 Å². The van der Waals surface area contributed by atoms with Gasteiger partial charge in [-0.1, -0.05) is 5.16 Å². The van der Waals surface area contributed by atoms with Crippen molar-refractivity contribution in [1.29, 1.82) is 0 Å². The number of pyridine rings is 1. The third kappa shape index (κ3) is 3.59. The summed E-state index contributed by atoms with van der Waals surface area (Å²) < 4.78 is 5.35. The van der Waals surface area contributed by atoms with E-state index in [-0.39, 0.29) is 5.91 Å². The van der Waals surface area contributed by atoms with Crippen molar-refractivity contribution in [3.05, 3.63) is 52.8 Å². The maximum atomic E-state index is 12.4. The van der Waals surface area contributed by atoms with Crippen LogP contribution in [-0.2, 0) is 6.54 Å². The van der Waals surface area contributed by atoms with Crippen LogP contribution in [0.4, 0.5) is 0 Å².